The zero-order chi connectivity index (χ0) is 10.3. The van der Waals surface area contributed by atoms with E-state index in [1.807, 2.05) is 0 Å². The SMILES string of the molecule is Cc1oc2cccc(Cl)c2c(=O)c1Cl. The topological polar surface area (TPSA) is 30.2 Å². The number of hydrogen-bond acceptors (Lipinski definition) is 2. The number of benzene rings is 1. The smallest absolute Gasteiger partial charge is 0.213 e. The summed E-state index contributed by atoms with van der Waals surface area (Å²) >= 11 is 11.6. The maximum atomic E-state index is 11.7. The minimum atomic E-state index is -0.281. The Balaban J connectivity index is 3.07. The fraction of sp³-hybridized carbons (Fsp3) is 0.100. The molecule has 2 rings (SSSR count). The lowest BCUT2D eigenvalue weighted by Gasteiger charge is -2.01. The van der Waals surface area contributed by atoms with Gasteiger partial charge in [0.15, 0.2) is 0 Å². The molecule has 0 aliphatic heterocycles. The van der Waals surface area contributed by atoms with Crippen molar-refractivity contribution in [2.24, 2.45) is 0 Å². The molecule has 0 atom stereocenters. The predicted molar refractivity (Wildman–Crippen MR) is 57.2 cm³/mol. The largest absolute Gasteiger partial charge is 0.459 e. The Kier molecular flexibility index (Phi) is 2.25. The molecule has 0 aliphatic rings. The molecule has 0 amide bonds. The van der Waals surface area contributed by atoms with E-state index in [1.165, 1.54) is 0 Å². The van der Waals surface area contributed by atoms with E-state index in [-0.39, 0.29) is 10.5 Å². The fourth-order valence-electron chi connectivity index (χ4n) is 1.29. The lowest BCUT2D eigenvalue weighted by atomic mass is 10.2. The van der Waals surface area contributed by atoms with Gasteiger partial charge in [-0.1, -0.05) is 29.3 Å². The van der Waals surface area contributed by atoms with Crippen molar-refractivity contribution in [1.82, 2.24) is 0 Å². The Morgan fingerprint density at radius 2 is 2.00 bits per heavy atom. The summed E-state index contributed by atoms with van der Waals surface area (Å²) in [5, 5.41) is 0.786. The van der Waals surface area contributed by atoms with Crippen LogP contribution in [-0.4, -0.2) is 0 Å². The molecule has 72 valence electrons. The van der Waals surface area contributed by atoms with Crippen molar-refractivity contribution in [2.45, 2.75) is 6.92 Å². The Bertz CT molecular complexity index is 558. The average Bonchev–Trinajstić information content (AvgIpc) is 2.14. The molecular weight excluding hydrogens is 223 g/mol. The number of halogens is 2. The standard InChI is InChI=1S/C10H6Cl2O2/c1-5-9(12)10(13)8-6(11)3-2-4-7(8)14-5/h2-4H,1H3. The van der Waals surface area contributed by atoms with Crippen LogP contribution in [-0.2, 0) is 0 Å². The van der Waals surface area contributed by atoms with E-state index in [1.54, 1.807) is 25.1 Å². The van der Waals surface area contributed by atoms with Gasteiger partial charge in [0.05, 0.1) is 10.4 Å². The van der Waals surface area contributed by atoms with E-state index in [2.05, 4.69) is 0 Å². The van der Waals surface area contributed by atoms with E-state index in [0.29, 0.717) is 21.8 Å². The van der Waals surface area contributed by atoms with Gasteiger partial charge in [-0.2, -0.15) is 0 Å². The summed E-state index contributed by atoms with van der Waals surface area (Å²) in [5.74, 6) is 0.409. The van der Waals surface area contributed by atoms with Crippen molar-refractivity contribution in [3.63, 3.8) is 0 Å². The van der Waals surface area contributed by atoms with Crippen LogP contribution >= 0.6 is 23.2 Å². The van der Waals surface area contributed by atoms with E-state index < -0.39 is 0 Å². The predicted octanol–water partition coefficient (Wildman–Crippen LogP) is 3.41. The normalized spacial score (nSPS) is 10.8. The van der Waals surface area contributed by atoms with Gasteiger partial charge in [0.1, 0.15) is 16.4 Å². The maximum Gasteiger partial charge on any atom is 0.213 e. The molecule has 14 heavy (non-hydrogen) atoms. The van der Waals surface area contributed by atoms with Crippen LogP contribution in [0, 0.1) is 6.92 Å². The quantitative estimate of drug-likeness (QED) is 0.692. The van der Waals surface area contributed by atoms with Gasteiger partial charge >= 0.3 is 0 Å². The maximum absolute atomic E-state index is 11.7. The van der Waals surface area contributed by atoms with Gasteiger partial charge < -0.3 is 4.42 Å². The number of aryl methyl sites for hydroxylation is 1. The first-order chi connectivity index (χ1) is 6.61. The average molecular weight is 229 g/mol. The molecule has 0 aliphatic carbocycles. The molecule has 0 bridgehead atoms. The Morgan fingerprint density at radius 1 is 1.29 bits per heavy atom. The summed E-state index contributed by atoms with van der Waals surface area (Å²) in [7, 11) is 0. The minimum Gasteiger partial charge on any atom is -0.459 e. The van der Waals surface area contributed by atoms with Crippen LogP contribution in [0.3, 0.4) is 0 Å². The van der Waals surface area contributed by atoms with Gasteiger partial charge in [-0.25, -0.2) is 0 Å². The molecule has 0 fully saturated rings. The summed E-state index contributed by atoms with van der Waals surface area (Å²) in [4.78, 5) is 11.7. The summed E-state index contributed by atoms with van der Waals surface area (Å²) < 4.78 is 5.34. The molecule has 1 aromatic heterocycles. The zero-order valence-electron chi connectivity index (χ0n) is 7.30. The third-order valence-electron chi connectivity index (χ3n) is 1.97. The van der Waals surface area contributed by atoms with Crippen molar-refractivity contribution in [1.29, 1.82) is 0 Å². The van der Waals surface area contributed by atoms with Crippen LogP contribution in [0.25, 0.3) is 11.0 Å². The zero-order valence-corrected chi connectivity index (χ0v) is 8.82. The van der Waals surface area contributed by atoms with Crippen molar-refractivity contribution in [3.05, 3.63) is 44.2 Å². The Hall–Kier alpha value is -0.990. The van der Waals surface area contributed by atoms with Crippen molar-refractivity contribution < 1.29 is 4.42 Å². The molecule has 0 saturated carbocycles. The van der Waals surface area contributed by atoms with E-state index in [9.17, 15) is 4.79 Å². The van der Waals surface area contributed by atoms with Crippen LogP contribution in [0.1, 0.15) is 5.76 Å². The molecule has 0 radical (unpaired) electrons. The van der Waals surface area contributed by atoms with Gasteiger partial charge in [-0.15, -0.1) is 0 Å². The lowest BCUT2D eigenvalue weighted by Crippen LogP contribution is -2.04. The van der Waals surface area contributed by atoms with E-state index >= 15 is 0 Å². The Labute approximate surface area is 90.1 Å². The first kappa shape index (κ1) is 9.56. The highest BCUT2D eigenvalue weighted by Gasteiger charge is 2.11. The van der Waals surface area contributed by atoms with Crippen LogP contribution < -0.4 is 5.43 Å². The third-order valence-corrected chi connectivity index (χ3v) is 2.73. The van der Waals surface area contributed by atoms with Gasteiger partial charge in [0.2, 0.25) is 5.43 Å². The number of rotatable bonds is 0. The molecule has 0 spiro atoms. The second-order valence-corrected chi connectivity index (χ2v) is 3.70. The molecule has 4 heteroatoms. The molecule has 1 aromatic carbocycles. The molecule has 2 aromatic rings. The van der Waals surface area contributed by atoms with Crippen LogP contribution in [0.2, 0.25) is 10.0 Å². The highest BCUT2D eigenvalue weighted by molar-refractivity contribution is 6.36. The molecular formula is C10H6Cl2O2. The molecule has 0 saturated heterocycles. The molecule has 1 heterocycles. The monoisotopic (exact) mass is 228 g/mol. The number of hydrogen-bond donors (Lipinski definition) is 0. The number of fused-ring (bicyclic) bond motifs is 1. The van der Waals surface area contributed by atoms with Gasteiger partial charge in [0, 0.05) is 0 Å². The second-order valence-electron chi connectivity index (χ2n) is 2.91. The third kappa shape index (κ3) is 1.31. The second kappa shape index (κ2) is 3.30. The van der Waals surface area contributed by atoms with Gasteiger partial charge in [-0.3, -0.25) is 4.79 Å². The summed E-state index contributed by atoms with van der Waals surface area (Å²) in [6.07, 6.45) is 0. The van der Waals surface area contributed by atoms with Crippen molar-refractivity contribution in [2.75, 3.05) is 0 Å². The highest BCUT2D eigenvalue weighted by Crippen LogP contribution is 2.23. The summed E-state index contributed by atoms with van der Waals surface area (Å²) in [6, 6.07) is 5.04. The molecule has 0 unspecified atom stereocenters. The van der Waals surface area contributed by atoms with Crippen molar-refractivity contribution >= 4 is 34.2 Å². The van der Waals surface area contributed by atoms with Crippen LogP contribution in [0.4, 0.5) is 0 Å². The first-order valence-corrected chi connectivity index (χ1v) is 4.74. The fourth-order valence-corrected chi connectivity index (χ4v) is 1.67. The van der Waals surface area contributed by atoms with Gasteiger partial charge in [0.25, 0.3) is 0 Å². The summed E-state index contributed by atoms with van der Waals surface area (Å²) in [5.41, 5.74) is 0.181. The molecule has 2 nitrogen and oxygen atoms in total. The van der Waals surface area contributed by atoms with E-state index in [4.69, 9.17) is 27.6 Å². The molecule has 0 N–H and O–H groups in total. The van der Waals surface area contributed by atoms with Gasteiger partial charge in [-0.05, 0) is 19.1 Å². The Morgan fingerprint density at radius 3 is 2.71 bits per heavy atom. The first-order valence-electron chi connectivity index (χ1n) is 3.98. The summed E-state index contributed by atoms with van der Waals surface area (Å²) in [6.45, 7) is 1.64. The van der Waals surface area contributed by atoms with Crippen LogP contribution in [0.15, 0.2) is 27.4 Å². The highest BCUT2D eigenvalue weighted by atomic mass is 35.5. The minimum absolute atomic E-state index is 0.0885. The lowest BCUT2D eigenvalue weighted by molar-refractivity contribution is 0.565. The van der Waals surface area contributed by atoms with Crippen LogP contribution in [0.5, 0.6) is 0 Å². The van der Waals surface area contributed by atoms with Crippen molar-refractivity contribution in [3.8, 4) is 0 Å². The van der Waals surface area contributed by atoms with E-state index in [0.717, 1.165) is 0 Å².